The molecule has 2 fully saturated rings. The maximum atomic E-state index is 12.8. The number of methoxy groups -OCH3 is 1. The van der Waals surface area contributed by atoms with Crippen molar-refractivity contribution in [3.8, 4) is 0 Å². The molecule has 1 aromatic heterocycles. The van der Waals surface area contributed by atoms with Crippen LogP contribution in [0.2, 0.25) is 0 Å². The molecular formula is C15H22N2O2S. The van der Waals surface area contributed by atoms with Crippen LogP contribution in [0.25, 0.3) is 0 Å². The van der Waals surface area contributed by atoms with Gasteiger partial charge in [-0.1, -0.05) is 6.42 Å². The maximum Gasteiger partial charge on any atom is 0.266 e. The average molecular weight is 294 g/mol. The van der Waals surface area contributed by atoms with Crippen LogP contribution in [-0.4, -0.2) is 35.5 Å². The molecule has 1 saturated carbocycles. The van der Waals surface area contributed by atoms with E-state index in [2.05, 4.69) is 16.8 Å². The van der Waals surface area contributed by atoms with Gasteiger partial charge in [0.2, 0.25) is 0 Å². The minimum atomic E-state index is 0.165. The number of carbonyl (C=O) groups excluding carboxylic acids is 1. The number of thiazole rings is 1. The van der Waals surface area contributed by atoms with Gasteiger partial charge in [-0.2, -0.15) is 0 Å². The van der Waals surface area contributed by atoms with Crippen molar-refractivity contribution in [1.82, 2.24) is 9.88 Å². The molecule has 0 N–H and O–H groups in total. The largest absolute Gasteiger partial charge is 0.378 e. The summed E-state index contributed by atoms with van der Waals surface area (Å²) in [7, 11) is 1.65. The van der Waals surface area contributed by atoms with Crippen LogP contribution < -0.4 is 0 Å². The van der Waals surface area contributed by atoms with Crippen LogP contribution in [0.3, 0.4) is 0 Å². The second kappa shape index (κ2) is 5.11. The van der Waals surface area contributed by atoms with Gasteiger partial charge in [-0.3, -0.25) is 4.79 Å². The molecule has 3 rings (SSSR count). The minimum absolute atomic E-state index is 0.165. The van der Waals surface area contributed by atoms with E-state index in [9.17, 15) is 4.79 Å². The maximum absolute atomic E-state index is 12.8. The third kappa shape index (κ3) is 2.27. The topological polar surface area (TPSA) is 42.4 Å². The lowest BCUT2D eigenvalue weighted by Crippen LogP contribution is -2.37. The molecule has 2 aliphatic rings. The van der Waals surface area contributed by atoms with Crippen molar-refractivity contribution >= 4 is 17.2 Å². The van der Waals surface area contributed by atoms with Gasteiger partial charge in [0.1, 0.15) is 9.88 Å². The Morgan fingerprint density at radius 1 is 1.55 bits per heavy atom. The number of ether oxygens (including phenoxy) is 1. The fraction of sp³-hybridized carbons (Fsp3) is 0.733. The highest BCUT2D eigenvalue weighted by atomic mass is 32.1. The van der Waals surface area contributed by atoms with E-state index in [4.69, 9.17) is 4.74 Å². The van der Waals surface area contributed by atoms with Crippen LogP contribution in [0.5, 0.6) is 0 Å². The molecule has 1 saturated heterocycles. The van der Waals surface area contributed by atoms with Crippen molar-refractivity contribution < 1.29 is 9.53 Å². The molecule has 0 bridgehead atoms. The van der Waals surface area contributed by atoms with Crippen LogP contribution in [0.15, 0.2) is 0 Å². The smallest absolute Gasteiger partial charge is 0.266 e. The third-order valence-electron chi connectivity index (χ3n) is 4.74. The Morgan fingerprint density at radius 3 is 2.85 bits per heavy atom. The van der Waals surface area contributed by atoms with Crippen LogP contribution in [-0.2, 0) is 11.3 Å². The van der Waals surface area contributed by atoms with Crippen molar-refractivity contribution in [3.63, 3.8) is 0 Å². The number of likely N-dealkylation sites (tertiary alicyclic amines) is 1. The van der Waals surface area contributed by atoms with E-state index in [0.29, 0.717) is 18.1 Å². The fourth-order valence-electron chi connectivity index (χ4n) is 3.60. The summed E-state index contributed by atoms with van der Waals surface area (Å²) in [4.78, 5) is 20.1. The first kappa shape index (κ1) is 14.0. The van der Waals surface area contributed by atoms with Gasteiger partial charge < -0.3 is 9.64 Å². The van der Waals surface area contributed by atoms with E-state index in [1.807, 2.05) is 6.92 Å². The van der Waals surface area contributed by atoms with Gasteiger partial charge in [-0.25, -0.2) is 4.98 Å². The fourth-order valence-corrected chi connectivity index (χ4v) is 4.59. The van der Waals surface area contributed by atoms with Crippen molar-refractivity contribution in [2.45, 2.75) is 52.2 Å². The second-order valence-corrected chi connectivity index (χ2v) is 7.38. The molecule has 110 valence electrons. The summed E-state index contributed by atoms with van der Waals surface area (Å²) in [6, 6.07) is 0.357. The highest BCUT2D eigenvalue weighted by molar-refractivity contribution is 7.13. The highest BCUT2D eigenvalue weighted by Gasteiger charge is 2.47. The molecule has 20 heavy (non-hydrogen) atoms. The molecule has 1 atom stereocenters. The Hall–Kier alpha value is -0.940. The minimum Gasteiger partial charge on any atom is -0.378 e. The van der Waals surface area contributed by atoms with E-state index >= 15 is 0 Å². The molecule has 1 aliphatic heterocycles. The quantitative estimate of drug-likeness (QED) is 0.860. The van der Waals surface area contributed by atoms with E-state index in [-0.39, 0.29) is 5.91 Å². The lowest BCUT2D eigenvalue weighted by Gasteiger charge is -2.37. The Labute approximate surface area is 124 Å². The number of carbonyl (C=O) groups is 1. The second-order valence-electron chi connectivity index (χ2n) is 6.29. The Kier molecular flexibility index (Phi) is 3.58. The molecule has 5 heteroatoms. The zero-order chi connectivity index (χ0) is 14.3. The van der Waals surface area contributed by atoms with Crippen molar-refractivity contribution in [2.75, 3.05) is 13.7 Å². The van der Waals surface area contributed by atoms with Crippen LogP contribution >= 0.6 is 11.3 Å². The number of aryl methyl sites for hydroxylation is 1. The van der Waals surface area contributed by atoms with Gasteiger partial charge in [0.15, 0.2) is 0 Å². The number of nitrogens with zero attached hydrogens (tertiary/aromatic N) is 2. The Balaban J connectivity index is 1.78. The Morgan fingerprint density at radius 2 is 2.30 bits per heavy atom. The number of hydrogen-bond acceptors (Lipinski definition) is 4. The Bertz CT molecular complexity index is 522. The van der Waals surface area contributed by atoms with Crippen molar-refractivity contribution in [1.29, 1.82) is 0 Å². The average Bonchev–Trinajstić information content (AvgIpc) is 2.90. The highest BCUT2D eigenvalue weighted by Crippen LogP contribution is 2.50. The molecule has 0 unspecified atom stereocenters. The van der Waals surface area contributed by atoms with E-state index in [1.165, 1.54) is 37.0 Å². The summed E-state index contributed by atoms with van der Waals surface area (Å²) in [6.45, 7) is 5.52. The van der Waals surface area contributed by atoms with Gasteiger partial charge >= 0.3 is 0 Å². The zero-order valence-electron chi connectivity index (χ0n) is 12.4. The van der Waals surface area contributed by atoms with Gasteiger partial charge in [-0.05, 0) is 38.5 Å². The number of amides is 1. The lowest BCUT2D eigenvalue weighted by molar-refractivity contribution is 0.0704. The normalized spacial score (nSPS) is 24.1. The first-order valence-electron chi connectivity index (χ1n) is 7.31. The SMILES string of the molecule is COCc1nc(C)c(C(=O)N2CC3(CCC3)C[C@@H]2C)s1. The molecule has 2 heterocycles. The molecule has 0 radical (unpaired) electrons. The monoisotopic (exact) mass is 294 g/mol. The van der Waals surface area contributed by atoms with E-state index in [1.54, 1.807) is 7.11 Å². The molecule has 1 aromatic rings. The predicted octanol–water partition coefficient (Wildman–Crippen LogP) is 3.00. The number of rotatable bonds is 3. The summed E-state index contributed by atoms with van der Waals surface area (Å²) in [5, 5.41) is 0.888. The van der Waals surface area contributed by atoms with Gasteiger partial charge in [0.25, 0.3) is 5.91 Å². The molecule has 0 aromatic carbocycles. The summed E-state index contributed by atoms with van der Waals surface area (Å²) < 4.78 is 5.11. The molecule has 1 amide bonds. The molecular weight excluding hydrogens is 272 g/mol. The van der Waals surface area contributed by atoms with Crippen molar-refractivity contribution in [3.05, 3.63) is 15.6 Å². The molecule has 1 aliphatic carbocycles. The predicted molar refractivity (Wildman–Crippen MR) is 79.0 cm³/mol. The van der Waals surface area contributed by atoms with Crippen LogP contribution in [0.1, 0.15) is 53.0 Å². The first-order valence-corrected chi connectivity index (χ1v) is 8.12. The third-order valence-corrected chi connectivity index (χ3v) is 5.86. The van der Waals surface area contributed by atoms with E-state index in [0.717, 1.165) is 22.1 Å². The standard InChI is InChI=1S/C15H22N2O2S/c1-10-7-15(5-4-6-15)9-17(10)14(18)13-11(2)16-12(20-13)8-19-3/h10H,4-9H2,1-3H3/t10-/m0/s1. The lowest BCUT2D eigenvalue weighted by atomic mass is 9.68. The van der Waals surface area contributed by atoms with Crippen LogP contribution in [0.4, 0.5) is 0 Å². The molecule has 4 nitrogen and oxygen atoms in total. The van der Waals surface area contributed by atoms with Crippen LogP contribution in [0, 0.1) is 12.3 Å². The van der Waals surface area contributed by atoms with Gasteiger partial charge in [0, 0.05) is 19.7 Å². The van der Waals surface area contributed by atoms with Gasteiger partial charge in [0.05, 0.1) is 12.3 Å². The van der Waals surface area contributed by atoms with Crippen molar-refractivity contribution in [2.24, 2.45) is 5.41 Å². The summed E-state index contributed by atoms with van der Waals surface area (Å²) in [5.41, 5.74) is 1.28. The van der Waals surface area contributed by atoms with E-state index < -0.39 is 0 Å². The number of aromatic nitrogens is 1. The zero-order valence-corrected chi connectivity index (χ0v) is 13.3. The summed E-state index contributed by atoms with van der Waals surface area (Å²) >= 11 is 1.48. The van der Waals surface area contributed by atoms with Gasteiger partial charge in [-0.15, -0.1) is 11.3 Å². The summed E-state index contributed by atoms with van der Waals surface area (Å²) in [6.07, 6.45) is 5.07. The number of hydrogen-bond donors (Lipinski definition) is 0. The summed E-state index contributed by atoms with van der Waals surface area (Å²) in [5.74, 6) is 0.165. The first-order chi connectivity index (χ1) is 9.54. The molecule has 1 spiro atoms.